The van der Waals surface area contributed by atoms with Gasteiger partial charge in [-0.3, -0.25) is 0 Å². The first-order valence-corrected chi connectivity index (χ1v) is 6.37. The van der Waals surface area contributed by atoms with Gasteiger partial charge in [-0.2, -0.15) is 0 Å². The van der Waals surface area contributed by atoms with E-state index in [-0.39, 0.29) is 9.35 Å². The van der Waals surface area contributed by atoms with Gasteiger partial charge in [0.1, 0.15) is 0 Å². The van der Waals surface area contributed by atoms with E-state index in [1.54, 1.807) is 0 Å². The molecule has 1 heterocycles. The fraction of sp³-hybridized carbons (Fsp3) is 0.889. The van der Waals surface area contributed by atoms with E-state index in [0.717, 1.165) is 35.6 Å². The van der Waals surface area contributed by atoms with Gasteiger partial charge in [0.2, 0.25) is 0 Å². The Morgan fingerprint density at radius 3 is 2.17 bits per heavy atom. The SMILES string of the molecule is CC(C)(C)[CH]([SnH])C(=O)N1CCC1. The van der Waals surface area contributed by atoms with Crippen LogP contribution in [-0.2, 0) is 4.79 Å². The maximum atomic E-state index is 11.7. The molecule has 68 valence electrons. The average Bonchev–Trinajstić information content (AvgIpc) is 1.79. The van der Waals surface area contributed by atoms with Crippen molar-refractivity contribution in [1.82, 2.24) is 4.90 Å². The quantitative estimate of drug-likeness (QED) is 0.652. The van der Waals surface area contributed by atoms with Gasteiger partial charge in [0.05, 0.1) is 0 Å². The molecular formula is C9H17NOSn. The van der Waals surface area contributed by atoms with Gasteiger partial charge in [-0.1, -0.05) is 0 Å². The van der Waals surface area contributed by atoms with E-state index in [1.807, 2.05) is 4.90 Å². The second kappa shape index (κ2) is 3.56. The molecule has 0 N–H and O–H groups in total. The van der Waals surface area contributed by atoms with Crippen LogP contribution in [0.5, 0.6) is 0 Å². The summed E-state index contributed by atoms with van der Waals surface area (Å²) in [7, 11) is 0. The first-order chi connectivity index (χ1) is 5.43. The third kappa shape index (κ3) is 2.15. The number of amides is 1. The molecule has 0 aromatic carbocycles. The van der Waals surface area contributed by atoms with Crippen LogP contribution < -0.4 is 0 Å². The summed E-state index contributed by atoms with van der Waals surface area (Å²) < 4.78 is 0.281. The van der Waals surface area contributed by atoms with Crippen molar-refractivity contribution in [1.29, 1.82) is 0 Å². The minimum atomic E-state index is 0.162. The Morgan fingerprint density at radius 2 is 1.92 bits per heavy atom. The van der Waals surface area contributed by atoms with Gasteiger partial charge >= 0.3 is 87.8 Å². The van der Waals surface area contributed by atoms with Gasteiger partial charge < -0.3 is 0 Å². The van der Waals surface area contributed by atoms with E-state index in [4.69, 9.17) is 0 Å². The Balaban J connectivity index is 2.51. The van der Waals surface area contributed by atoms with Crippen LogP contribution in [-0.4, -0.2) is 46.4 Å². The van der Waals surface area contributed by atoms with Crippen LogP contribution in [0.3, 0.4) is 0 Å². The van der Waals surface area contributed by atoms with Crippen LogP contribution in [0.25, 0.3) is 0 Å². The number of hydrogen-bond donors (Lipinski definition) is 0. The molecular weight excluding hydrogens is 257 g/mol. The molecule has 0 spiro atoms. The third-order valence-corrected chi connectivity index (χ3v) is 6.03. The van der Waals surface area contributed by atoms with Crippen LogP contribution in [0.1, 0.15) is 27.2 Å². The Labute approximate surface area is 87.8 Å². The Hall–Kier alpha value is 0.269. The molecule has 12 heavy (non-hydrogen) atoms. The maximum absolute atomic E-state index is 11.7. The van der Waals surface area contributed by atoms with Crippen molar-refractivity contribution >= 4 is 28.4 Å². The van der Waals surface area contributed by atoms with E-state index in [9.17, 15) is 4.79 Å². The van der Waals surface area contributed by atoms with Crippen LogP contribution in [0, 0.1) is 5.41 Å². The molecule has 1 fully saturated rings. The number of hydrogen-bond acceptors (Lipinski definition) is 1. The van der Waals surface area contributed by atoms with Crippen LogP contribution in [0.2, 0.25) is 3.93 Å². The number of likely N-dealkylation sites (tertiary alicyclic amines) is 1. The van der Waals surface area contributed by atoms with Gasteiger partial charge in [0.15, 0.2) is 0 Å². The molecule has 1 atom stereocenters. The molecule has 0 aromatic heterocycles. The van der Waals surface area contributed by atoms with Gasteiger partial charge in [-0.25, -0.2) is 0 Å². The molecule has 1 saturated heterocycles. The van der Waals surface area contributed by atoms with Crippen LogP contribution >= 0.6 is 0 Å². The topological polar surface area (TPSA) is 20.3 Å². The molecule has 1 aliphatic heterocycles. The predicted molar refractivity (Wildman–Crippen MR) is 51.6 cm³/mol. The van der Waals surface area contributed by atoms with E-state index in [1.165, 1.54) is 6.42 Å². The Morgan fingerprint density at radius 1 is 1.42 bits per heavy atom. The molecule has 0 bridgehead atoms. The zero-order valence-electron chi connectivity index (χ0n) is 8.13. The number of carbonyl (C=O) groups excluding carboxylic acids is 1. The third-order valence-electron chi connectivity index (χ3n) is 2.37. The molecule has 2 nitrogen and oxygen atoms in total. The molecule has 1 unspecified atom stereocenters. The first kappa shape index (κ1) is 10.4. The summed E-state index contributed by atoms with van der Waals surface area (Å²) in [6.45, 7) is 8.44. The molecule has 0 aromatic rings. The molecule has 0 saturated carbocycles. The summed E-state index contributed by atoms with van der Waals surface area (Å²) >= 11 is 1.04. The summed E-state index contributed by atoms with van der Waals surface area (Å²) in [5.74, 6) is 0.385. The van der Waals surface area contributed by atoms with E-state index < -0.39 is 0 Å². The Bertz CT molecular complexity index is 181. The van der Waals surface area contributed by atoms with E-state index in [2.05, 4.69) is 20.8 Å². The summed E-state index contributed by atoms with van der Waals surface area (Å²) in [5, 5.41) is 0. The fourth-order valence-corrected chi connectivity index (χ4v) is 1.71. The van der Waals surface area contributed by atoms with Gasteiger partial charge in [-0.05, 0) is 0 Å². The second-order valence-electron chi connectivity index (χ2n) is 4.52. The number of carbonyl (C=O) groups is 1. The molecule has 1 amide bonds. The van der Waals surface area contributed by atoms with Crippen molar-refractivity contribution in [2.75, 3.05) is 13.1 Å². The van der Waals surface area contributed by atoms with E-state index >= 15 is 0 Å². The van der Waals surface area contributed by atoms with Crippen molar-refractivity contribution in [3.63, 3.8) is 0 Å². The van der Waals surface area contributed by atoms with Crippen LogP contribution in [0.15, 0.2) is 0 Å². The molecule has 1 aliphatic rings. The predicted octanol–water partition coefficient (Wildman–Crippen LogP) is 0.954. The zero-order valence-corrected chi connectivity index (χ0v) is 11.4. The fourth-order valence-electron chi connectivity index (χ4n) is 1.10. The molecule has 2 radical (unpaired) electrons. The monoisotopic (exact) mass is 275 g/mol. The summed E-state index contributed by atoms with van der Waals surface area (Å²) in [4.78, 5) is 13.7. The van der Waals surface area contributed by atoms with Gasteiger partial charge in [0, 0.05) is 0 Å². The van der Waals surface area contributed by atoms with Gasteiger partial charge in [-0.15, -0.1) is 0 Å². The molecule has 0 aliphatic carbocycles. The Kier molecular flexibility index (Phi) is 3.07. The minimum absolute atomic E-state index is 0.162. The summed E-state index contributed by atoms with van der Waals surface area (Å²) in [6, 6.07) is 0. The van der Waals surface area contributed by atoms with Crippen molar-refractivity contribution < 1.29 is 4.79 Å². The molecule has 3 heteroatoms. The van der Waals surface area contributed by atoms with Crippen LogP contribution in [0.4, 0.5) is 0 Å². The first-order valence-electron chi connectivity index (χ1n) is 4.47. The summed E-state index contributed by atoms with van der Waals surface area (Å²) in [5.41, 5.74) is 0.162. The van der Waals surface area contributed by atoms with Gasteiger partial charge in [0.25, 0.3) is 0 Å². The number of rotatable bonds is 1. The average molecular weight is 274 g/mol. The zero-order chi connectivity index (χ0) is 9.35. The normalized spacial score (nSPS) is 20.2. The summed E-state index contributed by atoms with van der Waals surface area (Å²) in [6.07, 6.45) is 1.20. The van der Waals surface area contributed by atoms with E-state index in [0.29, 0.717) is 5.91 Å². The number of nitrogens with zero attached hydrogens (tertiary/aromatic N) is 1. The van der Waals surface area contributed by atoms with Crippen molar-refractivity contribution in [3.8, 4) is 0 Å². The van der Waals surface area contributed by atoms with Crippen molar-refractivity contribution in [2.45, 2.75) is 31.1 Å². The molecule has 1 rings (SSSR count). The second-order valence-corrected chi connectivity index (χ2v) is 6.43. The van der Waals surface area contributed by atoms with Crippen molar-refractivity contribution in [2.24, 2.45) is 5.41 Å². The van der Waals surface area contributed by atoms with Crippen molar-refractivity contribution in [3.05, 3.63) is 0 Å². The standard InChI is InChI=1S/C9H16NO.Sn.H/c1-9(2,3)7-8(11)10-5-4-6-10;;/h7H,4-6H2,1-3H3;;.